The predicted octanol–water partition coefficient (Wildman–Crippen LogP) is 1.64. The van der Waals surface area contributed by atoms with Gasteiger partial charge in [0.1, 0.15) is 5.75 Å². The molecule has 0 radical (unpaired) electrons. The van der Waals surface area contributed by atoms with Crippen LogP contribution in [-0.2, 0) is 9.84 Å². The maximum atomic E-state index is 12.0. The van der Waals surface area contributed by atoms with Gasteiger partial charge in [0.05, 0.1) is 17.9 Å². The van der Waals surface area contributed by atoms with Crippen LogP contribution in [0.5, 0.6) is 5.75 Å². The summed E-state index contributed by atoms with van der Waals surface area (Å²) in [5.41, 5.74) is 5.43. The van der Waals surface area contributed by atoms with Crippen molar-refractivity contribution in [2.45, 2.75) is 38.5 Å². The Kier molecular flexibility index (Phi) is 4.84. The van der Waals surface area contributed by atoms with Gasteiger partial charge < -0.3 is 4.74 Å². The molecule has 1 aromatic rings. The van der Waals surface area contributed by atoms with Gasteiger partial charge in [0.2, 0.25) is 0 Å². The van der Waals surface area contributed by atoms with E-state index in [-0.39, 0.29) is 0 Å². The largest absolute Gasteiger partial charge is 0.496 e. The van der Waals surface area contributed by atoms with Crippen molar-refractivity contribution >= 4 is 9.84 Å². The third kappa shape index (κ3) is 2.82. The Morgan fingerprint density at radius 3 is 2.25 bits per heavy atom. The minimum absolute atomic E-state index is 0.563. The van der Waals surface area contributed by atoms with E-state index in [1.807, 2.05) is 26.0 Å². The summed E-state index contributed by atoms with van der Waals surface area (Å²) in [6.45, 7) is 7.23. The molecule has 1 atom stereocenters. The second kappa shape index (κ2) is 5.71. The molecule has 5 nitrogen and oxygen atoms in total. The molecule has 0 saturated heterocycles. The normalized spacial score (nSPS) is 14.2. The van der Waals surface area contributed by atoms with Crippen LogP contribution in [-0.4, -0.2) is 26.5 Å². The molecule has 0 fully saturated rings. The lowest BCUT2D eigenvalue weighted by molar-refractivity contribution is 0.376. The number of hydrazine groups is 1. The minimum atomic E-state index is -3.31. The summed E-state index contributed by atoms with van der Waals surface area (Å²) < 4.78 is 28.5. The van der Waals surface area contributed by atoms with Crippen LogP contribution in [0.25, 0.3) is 0 Å². The van der Waals surface area contributed by atoms with E-state index in [1.165, 1.54) is 6.26 Å². The lowest BCUT2D eigenvalue weighted by Crippen LogP contribution is -2.47. The Bertz CT molecular complexity index is 595. The van der Waals surface area contributed by atoms with Crippen molar-refractivity contribution in [1.29, 1.82) is 0 Å². The molecule has 0 aliphatic carbocycles. The Morgan fingerprint density at radius 1 is 1.30 bits per heavy atom. The third-order valence-corrected chi connectivity index (χ3v) is 6.19. The topological polar surface area (TPSA) is 81.4 Å². The van der Waals surface area contributed by atoms with Crippen LogP contribution in [0.3, 0.4) is 0 Å². The summed E-state index contributed by atoms with van der Waals surface area (Å²) in [6.07, 6.45) is 1.21. The fourth-order valence-corrected chi connectivity index (χ4v) is 2.81. The van der Waals surface area contributed by atoms with E-state index >= 15 is 0 Å². The van der Waals surface area contributed by atoms with Gasteiger partial charge in [-0.2, -0.15) is 0 Å². The smallest absolute Gasteiger partial charge is 0.154 e. The van der Waals surface area contributed by atoms with Crippen molar-refractivity contribution in [3.8, 4) is 5.75 Å². The summed E-state index contributed by atoms with van der Waals surface area (Å²) in [7, 11) is -1.73. The Hall–Kier alpha value is -1.11. The molecule has 1 rings (SSSR count). The van der Waals surface area contributed by atoms with Crippen LogP contribution in [0.4, 0.5) is 0 Å². The lowest BCUT2D eigenvalue weighted by atomic mass is 9.92. The summed E-state index contributed by atoms with van der Waals surface area (Å²) >= 11 is 0. The second-order valence-corrected chi connectivity index (χ2v) is 8.20. The molecule has 1 aromatic carbocycles. The molecule has 0 aliphatic rings. The first-order chi connectivity index (χ1) is 9.07. The molecule has 6 heteroatoms. The fraction of sp³-hybridized carbons (Fsp3) is 0.571. The minimum Gasteiger partial charge on any atom is -0.496 e. The molecule has 0 saturated carbocycles. The van der Waals surface area contributed by atoms with Crippen molar-refractivity contribution < 1.29 is 13.2 Å². The number of nitrogens with one attached hydrogen (secondary N) is 1. The van der Waals surface area contributed by atoms with Crippen LogP contribution in [0.1, 0.15) is 36.6 Å². The van der Waals surface area contributed by atoms with E-state index in [4.69, 9.17) is 10.6 Å². The van der Waals surface area contributed by atoms with Gasteiger partial charge in [-0.3, -0.25) is 11.3 Å². The van der Waals surface area contributed by atoms with E-state index in [9.17, 15) is 8.42 Å². The van der Waals surface area contributed by atoms with Gasteiger partial charge in [0, 0.05) is 11.8 Å². The molecule has 0 amide bonds. The highest BCUT2D eigenvalue weighted by atomic mass is 32.2. The number of ether oxygens (including phenoxy) is 1. The van der Waals surface area contributed by atoms with Crippen LogP contribution in [0, 0.1) is 13.8 Å². The van der Waals surface area contributed by atoms with Crippen molar-refractivity contribution in [2.24, 2.45) is 5.84 Å². The van der Waals surface area contributed by atoms with Gasteiger partial charge in [0.15, 0.2) is 9.84 Å². The Balaban J connectivity index is 3.52. The van der Waals surface area contributed by atoms with E-state index in [0.29, 0.717) is 5.75 Å². The van der Waals surface area contributed by atoms with Gasteiger partial charge in [0.25, 0.3) is 0 Å². The van der Waals surface area contributed by atoms with E-state index in [2.05, 4.69) is 5.43 Å². The predicted molar refractivity (Wildman–Crippen MR) is 81.5 cm³/mol. The summed E-state index contributed by atoms with van der Waals surface area (Å²) in [4.78, 5) is 0. The van der Waals surface area contributed by atoms with Crippen molar-refractivity contribution in [3.63, 3.8) is 0 Å². The average molecular weight is 300 g/mol. The number of benzene rings is 1. The SMILES string of the molecule is COc1c(C(NN)C(C)(C)S(C)(=O)=O)ccc(C)c1C. The van der Waals surface area contributed by atoms with E-state index in [1.54, 1.807) is 21.0 Å². The van der Waals surface area contributed by atoms with Crippen molar-refractivity contribution in [3.05, 3.63) is 28.8 Å². The third-order valence-electron chi connectivity index (χ3n) is 4.04. The quantitative estimate of drug-likeness (QED) is 0.638. The van der Waals surface area contributed by atoms with Crippen LogP contribution >= 0.6 is 0 Å². The molecule has 114 valence electrons. The molecule has 0 spiro atoms. The summed E-state index contributed by atoms with van der Waals surface area (Å²) in [6, 6.07) is 3.24. The maximum Gasteiger partial charge on any atom is 0.154 e. The number of hydrogen-bond acceptors (Lipinski definition) is 5. The van der Waals surface area contributed by atoms with E-state index in [0.717, 1.165) is 16.7 Å². The van der Waals surface area contributed by atoms with Crippen LogP contribution in [0.15, 0.2) is 12.1 Å². The van der Waals surface area contributed by atoms with Gasteiger partial charge >= 0.3 is 0 Å². The molecule has 0 aromatic heterocycles. The second-order valence-electron chi connectivity index (χ2n) is 5.61. The molecule has 0 aliphatic heterocycles. The fourth-order valence-electron chi connectivity index (χ4n) is 2.19. The highest BCUT2D eigenvalue weighted by Gasteiger charge is 2.41. The molecular formula is C14H24N2O3S. The van der Waals surface area contributed by atoms with Crippen LogP contribution in [0.2, 0.25) is 0 Å². The first kappa shape index (κ1) is 16.9. The number of sulfone groups is 1. The number of hydrogen-bond donors (Lipinski definition) is 2. The van der Waals surface area contributed by atoms with Gasteiger partial charge in [-0.25, -0.2) is 8.42 Å². The molecule has 3 N–H and O–H groups in total. The highest BCUT2D eigenvalue weighted by molar-refractivity contribution is 7.92. The first-order valence-electron chi connectivity index (χ1n) is 6.37. The highest BCUT2D eigenvalue weighted by Crippen LogP contribution is 2.38. The maximum absolute atomic E-state index is 12.0. The Labute approximate surface area is 121 Å². The summed E-state index contributed by atoms with van der Waals surface area (Å²) in [5.74, 6) is 6.30. The molecule has 20 heavy (non-hydrogen) atoms. The standard InChI is InChI=1S/C14H24N2O3S/c1-9-7-8-11(12(19-5)10(9)2)13(16-15)14(3,4)20(6,17)18/h7-8,13,16H,15H2,1-6H3. The average Bonchev–Trinajstić information content (AvgIpc) is 2.33. The molecule has 0 heterocycles. The number of rotatable bonds is 5. The van der Waals surface area contributed by atoms with Gasteiger partial charge in [-0.1, -0.05) is 12.1 Å². The number of aryl methyl sites for hydroxylation is 1. The molecular weight excluding hydrogens is 276 g/mol. The summed E-state index contributed by atoms with van der Waals surface area (Å²) in [5, 5.41) is 0. The van der Waals surface area contributed by atoms with Crippen molar-refractivity contribution in [2.75, 3.05) is 13.4 Å². The van der Waals surface area contributed by atoms with Gasteiger partial charge in [-0.15, -0.1) is 0 Å². The van der Waals surface area contributed by atoms with E-state index < -0.39 is 20.6 Å². The van der Waals surface area contributed by atoms with Crippen LogP contribution < -0.4 is 16.0 Å². The zero-order valence-corrected chi connectivity index (χ0v) is 13.8. The number of methoxy groups -OCH3 is 1. The van der Waals surface area contributed by atoms with Gasteiger partial charge in [-0.05, 0) is 38.8 Å². The molecule has 0 bridgehead atoms. The first-order valence-corrected chi connectivity index (χ1v) is 8.26. The zero-order valence-electron chi connectivity index (χ0n) is 12.9. The number of nitrogens with two attached hydrogens (primary N) is 1. The zero-order chi connectivity index (χ0) is 15.7. The van der Waals surface area contributed by atoms with Crippen molar-refractivity contribution in [1.82, 2.24) is 5.43 Å². The molecule has 1 unspecified atom stereocenters. The monoisotopic (exact) mass is 300 g/mol. The lowest BCUT2D eigenvalue weighted by Gasteiger charge is -2.33. The Morgan fingerprint density at radius 2 is 1.85 bits per heavy atom.